The van der Waals surface area contributed by atoms with Crippen molar-refractivity contribution < 1.29 is 9.18 Å². The minimum Gasteiger partial charge on any atom is -0.369 e. The van der Waals surface area contributed by atoms with Gasteiger partial charge in [0, 0.05) is 25.7 Å². The molecule has 1 unspecified atom stereocenters. The van der Waals surface area contributed by atoms with Crippen LogP contribution < -0.4 is 16.0 Å². The number of carbonyl (C=O) groups is 1. The van der Waals surface area contributed by atoms with Gasteiger partial charge in [0.05, 0.1) is 11.6 Å². The number of nitrogens with two attached hydrogens (primary N) is 1. The number of hydrogen-bond donors (Lipinski definition) is 2. The van der Waals surface area contributed by atoms with E-state index in [2.05, 4.69) is 19.2 Å². The topological polar surface area (TPSA) is 58.4 Å². The second kappa shape index (κ2) is 6.22. The summed E-state index contributed by atoms with van der Waals surface area (Å²) in [5.74, 6) is -0.718. The summed E-state index contributed by atoms with van der Waals surface area (Å²) in [5, 5.41) is 3.30. The molecule has 1 aromatic rings. The third-order valence-electron chi connectivity index (χ3n) is 3.68. The van der Waals surface area contributed by atoms with Gasteiger partial charge in [-0.15, -0.1) is 0 Å². The molecule has 3 N–H and O–H groups in total. The van der Waals surface area contributed by atoms with E-state index in [1.54, 1.807) is 6.07 Å². The fourth-order valence-electron chi connectivity index (χ4n) is 2.57. The van der Waals surface area contributed by atoms with E-state index in [0.717, 1.165) is 5.56 Å². The second-order valence-corrected chi connectivity index (χ2v) is 5.62. The molecular formula is C15H22FN3O. The molecule has 0 spiro atoms. The van der Waals surface area contributed by atoms with Gasteiger partial charge < -0.3 is 16.0 Å². The molecule has 0 bridgehead atoms. The standard InChI is InChI=1S/C15H22FN3O/c1-10(2)18-8-11-4-3-5-13(16)14(11)19-7-6-12(9-19)15(17)20/h3-5,10,12,18H,6-9H2,1-2H3,(H2,17,20). The summed E-state index contributed by atoms with van der Waals surface area (Å²) in [6.07, 6.45) is 0.695. The van der Waals surface area contributed by atoms with Crippen molar-refractivity contribution >= 4 is 11.6 Å². The minimum atomic E-state index is -0.300. The van der Waals surface area contributed by atoms with Crippen LogP contribution in [0.2, 0.25) is 0 Å². The van der Waals surface area contributed by atoms with E-state index in [9.17, 15) is 9.18 Å². The van der Waals surface area contributed by atoms with Crippen LogP contribution in [0.5, 0.6) is 0 Å². The van der Waals surface area contributed by atoms with E-state index in [1.165, 1.54) is 6.07 Å². The summed E-state index contributed by atoms with van der Waals surface area (Å²) in [6.45, 7) is 5.90. The third-order valence-corrected chi connectivity index (χ3v) is 3.68. The summed E-state index contributed by atoms with van der Waals surface area (Å²) < 4.78 is 14.2. The molecule has 0 aromatic heterocycles. The van der Waals surface area contributed by atoms with Crippen LogP contribution >= 0.6 is 0 Å². The fraction of sp³-hybridized carbons (Fsp3) is 0.533. The fourth-order valence-corrected chi connectivity index (χ4v) is 2.57. The lowest BCUT2D eigenvalue weighted by Crippen LogP contribution is -2.29. The van der Waals surface area contributed by atoms with Gasteiger partial charge in [0.1, 0.15) is 5.82 Å². The first kappa shape index (κ1) is 14.8. The normalized spacial score (nSPS) is 18.8. The van der Waals surface area contributed by atoms with Crippen molar-refractivity contribution in [1.29, 1.82) is 0 Å². The Hall–Kier alpha value is -1.62. The van der Waals surface area contributed by atoms with Crippen LogP contribution in [0.25, 0.3) is 0 Å². The predicted molar refractivity (Wildman–Crippen MR) is 77.9 cm³/mol. The third kappa shape index (κ3) is 3.28. The first-order valence-corrected chi connectivity index (χ1v) is 7.04. The van der Waals surface area contributed by atoms with Crippen molar-refractivity contribution in [3.05, 3.63) is 29.6 Å². The molecule has 1 amide bonds. The highest BCUT2D eigenvalue weighted by Gasteiger charge is 2.29. The van der Waals surface area contributed by atoms with E-state index in [1.807, 2.05) is 11.0 Å². The number of primary amides is 1. The van der Waals surface area contributed by atoms with Gasteiger partial charge in [-0.25, -0.2) is 4.39 Å². The highest BCUT2D eigenvalue weighted by Crippen LogP contribution is 2.29. The van der Waals surface area contributed by atoms with Gasteiger partial charge in [0.15, 0.2) is 0 Å². The molecule has 1 heterocycles. The zero-order chi connectivity index (χ0) is 14.7. The van der Waals surface area contributed by atoms with Crippen molar-refractivity contribution in [2.45, 2.75) is 32.9 Å². The van der Waals surface area contributed by atoms with Crippen molar-refractivity contribution in [3.8, 4) is 0 Å². The van der Waals surface area contributed by atoms with Crippen LogP contribution in [0.4, 0.5) is 10.1 Å². The van der Waals surface area contributed by atoms with Crippen LogP contribution in [0, 0.1) is 11.7 Å². The maximum atomic E-state index is 14.2. The van der Waals surface area contributed by atoms with Crippen LogP contribution in [-0.2, 0) is 11.3 Å². The first-order chi connectivity index (χ1) is 9.49. The zero-order valence-electron chi connectivity index (χ0n) is 12.0. The molecule has 4 nitrogen and oxygen atoms in total. The molecule has 1 fully saturated rings. The molecule has 1 aliphatic rings. The molecule has 2 rings (SSSR count). The number of benzene rings is 1. The molecule has 110 valence electrons. The molecule has 0 aliphatic carbocycles. The van der Waals surface area contributed by atoms with Crippen LogP contribution in [0.15, 0.2) is 18.2 Å². The number of para-hydroxylation sites is 1. The van der Waals surface area contributed by atoms with Gasteiger partial charge in [-0.05, 0) is 18.1 Å². The van der Waals surface area contributed by atoms with E-state index >= 15 is 0 Å². The molecular weight excluding hydrogens is 257 g/mol. The van der Waals surface area contributed by atoms with Crippen molar-refractivity contribution in [1.82, 2.24) is 5.32 Å². The molecule has 1 saturated heterocycles. The number of rotatable bonds is 5. The number of anilines is 1. The lowest BCUT2D eigenvalue weighted by atomic mass is 10.1. The van der Waals surface area contributed by atoms with E-state index in [-0.39, 0.29) is 17.6 Å². The van der Waals surface area contributed by atoms with Gasteiger partial charge in [-0.2, -0.15) is 0 Å². The van der Waals surface area contributed by atoms with E-state index < -0.39 is 0 Å². The van der Waals surface area contributed by atoms with Crippen LogP contribution in [0.3, 0.4) is 0 Å². The van der Waals surface area contributed by atoms with Crippen LogP contribution in [-0.4, -0.2) is 25.0 Å². The highest BCUT2D eigenvalue weighted by atomic mass is 19.1. The molecule has 1 aliphatic heterocycles. The molecule has 1 atom stereocenters. The number of halogens is 1. The van der Waals surface area contributed by atoms with Gasteiger partial charge in [-0.1, -0.05) is 26.0 Å². The lowest BCUT2D eigenvalue weighted by Gasteiger charge is -2.23. The largest absolute Gasteiger partial charge is 0.369 e. The maximum absolute atomic E-state index is 14.2. The average molecular weight is 279 g/mol. The minimum absolute atomic E-state index is 0.180. The summed E-state index contributed by atoms with van der Waals surface area (Å²) >= 11 is 0. The van der Waals surface area contributed by atoms with Crippen molar-refractivity contribution in [2.24, 2.45) is 11.7 Å². The molecule has 20 heavy (non-hydrogen) atoms. The summed E-state index contributed by atoms with van der Waals surface area (Å²) in [4.78, 5) is 13.2. The number of hydrogen-bond acceptors (Lipinski definition) is 3. The Labute approximate surface area is 119 Å². The number of amides is 1. The Kier molecular flexibility index (Phi) is 4.60. The SMILES string of the molecule is CC(C)NCc1cccc(F)c1N1CCC(C(N)=O)C1. The van der Waals surface area contributed by atoms with Crippen molar-refractivity contribution in [3.63, 3.8) is 0 Å². The van der Waals surface area contributed by atoms with E-state index in [4.69, 9.17) is 5.73 Å². The Bertz CT molecular complexity index is 490. The van der Waals surface area contributed by atoms with Gasteiger partial charge in [0.25, 0.3) is 0 Å². The monoisotopic (exact) mass is 279 g/mol. The number of nitrogens with zero attached hydrogens (tertiary/aromatic N) is 1. The summed E-state index contributed by atoms with van der Waals surface area (Å²) in [6, 6.07) is 5.44. The molecule has 0 radical (unpaired) electrons. The quantitative estimate of drug-likeness (QED) is 0.861. The average Bonchev–Trinajstić information content (AvgIpc) is 2.85. The first-order valence-electron chi connectivity index (χ1n) is 7.04. The molecule has 0 saturated carbocycles. The Morgan fingerprint density at radius 3 is 2.90 bits per heavy atom. The smallest absolute Gasteiger partial charge is 0.222 e. The number of carbonyl (C=O) groups excluding carboxylic acids is 1. The zero-order valence-corrected chi connectivity index (χ0v) is 12.0. The highest BCUT2D eigenvalue weighted by molar-refractivity contribution is 5.78. The maximum Gasteiger partial charge on any atom is 0.222 e. The van der Waals surface area contributed by atoms with Gasteiger partial charge >= 0.3 is 0 Å². The molecule has 1 aromatic carbocycles. The predicted octanol–water partition coefficient (Wildman–Crippen LogP) is 1.64. The lowest BCUT2D eigenvalue weighted by molar-refractivity contribution is -0.121. The van der Waals surface area contributed by atoms with Crippen LogP contribution in [0.1, 0.15) is 25.8 Å². The number of nitrogens with one attached hydrogen (secondary N) is 1. The summed E-state index contributed by atoms with van der Waals surface area (Å²) in [7, 11) is 0. The Morgan fingerprint density at radius 2 is 2.30 bits per heavy atom. The molecule has 5 heteroatoms. The Morgan fingerprint density at radius 1 is 1.55 bits per heavy atom. The summed E-state index contributed by atoms with van der Waals surface area (Å²) in [5.41, 5.74) is 6.86. The Balaban J connectivity index is 2.20. The second-order valence-electron chi connectivity index (χ2n) is 5.62. The van der Waals surface area contributed by atoms with Crippen molar-refractivity contribution in [2.75, 3.05) is 18.0 Å². The van der Waals surface area contributed by atoms with Gasteiger partial charge in [-0.3, -0.25) is 4.79 Å². The van der Waals surface area contributed by atoms with Gasteiger partial charge in [0.2, 0.25) is 5.91 Å². The van der Waals surface area contributed by atoms with E-state index in [0.29, 0.717) is 37.8 Å².